The van der Waals surface area contributed by atoms with E-state index in [0.29, 0.717) is 16.1 Å². The molecule has 0 saturated carbocycles. The number of rotatable bonds is 6. The Labute approximate surface area is 179 Å². The van der Waals surface area contributed by atoms with E-state index in [-0.39, 0.29) is 23.3 Å². The van der Waals surface area contributed by atoms with E-state index in [4.69, 9.17) is 0 Å². The molecule has 0 spiro atoms. The zero-order valence-electron chi connectivity index (χ0n) is 17.0. The Balaban J connectivity index is 1.60. The van der Waals surface area contributed by atoms with Gasteiger partial charge in [0.25, 0.3) is 5.56 Å². The molecule has 5 nitrogen and oxygen atoms in total. The second kappa shape index (κ2) is 8.71. The Morgan fingerprint density at radius 1 is 1.03 bits per heavy atom. The molecule has 4 rings (SSSR count). The van der Waals surface area contributed by atoms with Crippen molar-refractivity contribution in [2.24, 2.45) is 0 Å². The molecule has 0 radical (unpaired) electrons. The minimum Gasteiger partial charge on any atom is -0.325 e. The van der Waals surface area contributed by atoms with Gasteiger partial charge in [-0.05, 0) is 36.9 Å². The van der Waals surface area contributed by atoms with Crippen LogP contribution in [0.3, 0.4) is 0 Å². The number of hydrogen-bond acceptors (Lipinski definition) is 4. The van der Waals surface area contributed by atoms with Crippen LogP contribution in [0.15, 0.2) is 76.7 Å². The van der Waals surface area contributed by atoms with Crippen LogP contribution < -0.4 is 10.9 Å². The lowest BCUT2D eigenvalue weighted by molar-refractivity contribution is -0.113. The first-order chi connectivity index (χ1) is 14.6. The van der Waals surface area contributed by atoms with E-state index in [1.807, 2.05) is 74.5 Å². The summed E-state index contributed by atoms with van der Waals surface area (Å²) in [7, 11) is 0. The quantitative estimate of drug-likeness (QED) is 0.344. The largest absolute Gasteiger partial charge is 0.325 e. The highest BCUT2D eigenvalue weighted by Gasteiger charge is 2.17. The zero-order chi connectivity index (χ0) is 21.1. The molecule has 1 amide bonds. The lowest BCUT2D eigenvalue weighted by Crippen LogP contribution is -2.26. The Hall–Kier alpha value is -3.12. The number of carbonyl (C=O) groups is 1. The molecule has 4 aromatic rings. The number of amides is 1. The van der Waals surface area contributed by atoms with Gasteiger partial charge in [-0.1, -0.05) is 67.2 Å². The predicted octanol–water partition coefficient (Wildman–Crippen LogP) is 5.25. The van der Waals surface area contributed by atoms with Gasteiger partial charge in [0.15, 0.2) is 5.16 Å². The van der Waals surface area contributed by atoms with E-state index in [1.54, 1.807) is 10.6 Å². The van der Waals surface area contributed by atoms with Gasteiger partial charge in [-0.25, -0.2) is 4.98 Å². The summed E-state index contributed by atoms with van der Waals surface area (Å²) < 4.78 is 1.71. The van der Waals surface area contributed by atoms with Gasteiger partial charge in [-0.2, -0.15) is 0 Å². The van der Waals surface area contributed by atoms with Gasteiger partial charge in [-0.15, -0.1) is 0 Å². The number of nitrogens with zero attached hydrogens (tertiary/aromatic N) is 2. The van der Waals surface area contributed by atoms with Crippen molar-refractivity contribution in [3.63, 3.8) is 0 Å². The molecule has 0 fully saturated rings. The molecule has 1 aromatic heterocycles. The van der Waals surface area contributed by atoms with Gasteiger partial charge in [0.1, 0.15) is 0 Å². The Morgan fingerprint density at radius 2 is 1.73 bits per heavy atom. The second-order valence-electron chi connectivity index (χ2n) is 7.21. The topological polar surface area (TPSA) is 64.0 Å². The van der Waals surface area contributed by atoms with Gasteiger partial charge in [0.05, 0.1) is 16.7 Å². The Morgan fingerprint density at radius 3 is 2.53 bits per heavy atom. The summed E-state index contributed by atoms with van der Waals surface area (Å²) in [6, 6.07) is 21.1. The first-order valence-electron chi connectivity index (χ1n) is 10.00. The van der Waals surface area contributed by atoms with Gasteiger partial charge < -0.3 is 5.32 Å². The average Bonchev–Trinajstić information content (AvgIpc) is 2.77. The molecule has 0 bridgehead atoms. The fourth-order valence-corrected chi connectivity index (χ4v) is 4.35. The summed E-state index contributed by atoms with van der Waals surface area (Å²) in [5.41, 5.74) is 1.37. The van der Waals surface area contributed by atoms with E-state index in [9.17, 15) is 9.59 Å². The number of carbonyl (C=O) groups excluding carboxylic acids is 1. The van der Waals surface area contributed by atoms with E-state index in [1.165, 1.54) is 11.8 Å². The minimum atomic E-state index is -0.130. The fourth-order valence-electron chi connectivity index (χ4n) is 3.45. The van der Waals surface area contributed by atoms with Crippen LogP contribution in [0.5, 0.6) is 0 Å². The van der Waals surface area contributed by atoms with Crippen molar-refractivity contribution in [1.29, 1.82) is 0 Å². The fraction of sp³-hybridized carbons (Fsp3) is 0.208. The molecular formula is C24H23N3O2S. The number of para-hydroxylation sites is 1. The van der Waals surface area contributed by atoms with Crippen molar-refractivity contribution < 1.29 is 4.79 Å². The molecule has 1 N–H and O–H groups in total. The highest BCUT2D eigenvalue weighted by atomic mass is 32.2. The first-order valence-corrected chi connectivity index (χ1v) is 11.0. The number of aromatic nitrogens is 2. The molecule has 1 atom stereocenters. The monoisotopic (exact) mass is 417 g/mol. The Bertz CT molecular complexity index is 1280. The molecule has 6 heteroatoms. The lowest BCUT2D eigenvalue weighted by Gasteiger charge is -2.18. The maximum atomic E-state index is 13.0. The number of benzene rings is 3. The molecule has 0 saturated heterocycles. The van der Waals surface area contributed by atoms with E-state index in [0.717, 1.165) is 22.9 Å². The van der Waals surface area contributed by atoms with Crippen LogP contribution in [0.25, 0.3) is 21.7 Å². The zero-order valence-corrected chi connectivity index (χ0v) is 17.8. The van der Waals surface area contributed by atoms with Crippen LogP contribution in [0.2, 0.25) is 0 Å². The van der Waals surface area contributed by atoms with E-state index in [2.05, 4.69) is 10.3 Å². The third kappa shape index (κ3) is 3.96. The summed E-state index contributed by atoms with van der Waals surface area (Å²) in [5, 5.41) is 6.24. The average molecular weight is 418 g/mol. The van der Waals surface area contributed by atoms with Gasteiger partial charge in [0.2, 0.25) is 5.91 Å². The number of anilines is 1. The van der Waals surface area contributed by atoms with Gasteiger partial charge in [0, 0.05) is 17.1 Å². The van der Waals surface area contributed by atoms with E-state index < -0.39 is 0 Å². The molecule has 3 aromatic carbocycles. The summed E-state index contributed by atoms with van der Waals surface area (Å²) in [5.74, 6) is 0.0409. The summed E-state index contributed by atoms with van der Waals surface area (Å²) in [6.07, 6.45) is 0.801. The maximum absolute atomic E-state index is 13.0. The van der Waals surface area contributed by atoms with Crippen LogP contribution in [0.1, 0.15) is 26.3 Å². The van der Waals surface area contributed by atoms with Crippen LogP contribution in [-0.2, 0) is 4.79 Å². The van der Waals surface area contributed by atoms with Crippen LogP contribution >= 0.6 is 11.8 Å². The van der Waals surface area contributed by atoms with Crippen molar-refractivity contribution in [2.75, 3.05) is 11.1 Å². The summed E-state index contributed by atoms with van der Waals surface area (Å²) in [6.45, 7) is 4.03. The molecule has 30 heavy (non-hydrogen) atoms. The highest BCUT2D eigenvalue weighted by Crippen LogP contribution is 2.25. The summed E-state index contributed by atoms with van der Waals surface area (Å²) in [4.78, 5) is 30.4. The predicted molar refractivity (Wildman–Crippen MR) is 124 cm³/mol. The molecule has 0 unspecified atom stereocenters. The highest BCUT2D eigenvalue weighted by molar-refractivity contribution is 7.99. The van der Waals surface area contributed by atoms with E-state index >= 15 is 0 Å². The van der Waals surface area contributed by atoms with Crippen LogP contribution in [0.4, 0.5) is 5.69 Å². The van der Waals surface area contributed by atoms with Crippen molar-refractivity contribution in [3.8, 4) is 0 Å². The first kappa shape index (κ1) is 20.2. The smallest absolute Gasteiger partial charge is 0.262 e. The van der Waals surface area contributed by atoms with Crippen molar-refractivity contribution in [3.05, 3.63) is 77.1 Å². The third-order valence-electron chi connectivity index (χ3n) is 5.20. The lowest BCUT2D eigenvalue weighted by atomic mass is 10.1. The van der Waals surface area contributed by atoms with Gasteiger partial charge >= 0.3 is 0 Å². The van der Waals surface area contributed by atoms with Crippen LogP contribution in [0, 0.1) is 0 Å². The number of nitrogens with one attached hydrogen (secondary N) is 1. The Kier molecular flexibility index (Phi) is 5.86. The summed E-state index contributed by atoms with van der Waals surface area (Å²) >= 11 is 1.29. The SMILES string of the molecule is CC[C@H](C)n1c(SCC(=O)Nc2cccc3ccccc23)nc2ccccc2c1=O. The van der Waals surface area contributed by atoms with Gasteiger partial charge in [-0.3, -0.25) is 14.2 Å². The number of thioether (sulfide) groups is 1. The molecule has 0 aliphatic rings. The number of hydrogen-bond donors (Lipinski definition) is 1. The molecule has 0 aliphatic heterocycles. The van der Waals surface area contributed by atoms with Crippen molar-refractivity contribution in [2.45, 2.75) is 31.5 Å². The maximum Gasteiger partial charge on any atom is 0.262 e. The standard InChI is InChI=1S/C24H23N3O2S/c1-3-16(2)27-23(29)19-12-6-7-13-21(19)26-24(27)30-15-22(28)25-20-14-8-10-17-9-4-5-11-18(17)20/h4-14,16H,3,15H2,1-2H3,(H,25,28)/t16-/m0/s1. The molecule has 0 aliphatic carbocycles. The van der Waals surface area contributed by atoms with Crippen molar-refractivity contribution >= 4 is 45.0 Å². The third-order valence-corrected chi connectivity index (χ3v) is 6.16. The van der Waals surface area contributed by atoms with Crippen LogP contribution in [-0.4, -0.2) is 21.2 Å². The molecule has 152 valence electrons. The molecule has 1 heterocycles. The second-order valence-corrected chi connectivity index (χ2v) is 8.15. The normalized spacial score (nSPS) is 12.2. The minimum absolute atomic E-state index is 0.00163. The number of fused-ring (bicyclic) bond motifs is 2. The molecular weight excluding hydrogens is 394 g/mol. The van der Waals surface area contributed by atoms with Crippen molar-refractivity contribution in [1.82, 2.24) is 9.55 Å².